The molecule has 2 amide bonds. The summed E-state index contributed by atoms with van der Waals surface area (Å²) in [5, 5.41) is 31.7. The van der Waals surface area contributed by atoms with Crippen molar-refractivity contribution in [1.29, 1.82) is 0 Å². The Kier molecular flexibility index (Phi) is 21.7. The van der Waals surface area contributed by atoms with Crippen LogP contribution in [0.5, 0.6) is 17.2 Å². The molecule has 4 atom stereocenters. The van der Waals surface area contributed by atoms with Crippen LogP contribution in [-0.2, 0) is 14.4 Å². The Morgan fingerprint density at radius 3 is 1.42 bits per heavy atom. The number of aliphatic carboxylic acids is 3. The van der Waals surface area contributed by atoms with Crippen molar-refractivity contribution in [1.82, 2.24) is 15.1 Å². The van der Waals surface area contributed by atoms with E-state index in [9.17, 15) is 43.4 Å². The number of likely N-dealkylation sites (N-methyl/N-ethyl adjacent to an activating group) is 1. The second-order valence-corrected chi connectivity index (χ2v) is 35.4. The van der Waals surface area contributed by atoms with E-state index in [2.05, 4.69) is 29.3 Å². The van der Waals surface area contributed by atoms with Crippen molar-refractivity contribution in [2.24, 2.45) is 69.5 Å². The zero-order chi connectivity index (χ0) is 74.0. The van der Waals surface area contributed by atoms with Crippen molar-refractivity contribution in [2.45, 2.75) is 192 Å². The van der Waals surface area contributed by atoms with Crippen LogP contribution in [0.2, 0.25) is 10.0 Å². The van der Waals surface area contributed by atoms with E-state index in [4.69, 9.17) is 42.5 Å². The van der Waals surface area contributed by atoms with Crippen LogP contribution >= 0.6 is 23.2 Å². The standard InChI is InChI=1S/C33H33Cl2FN2O4.C28H37FO4.C24H30FNO4/c1-33(16-38(17-33)30(21-5-3-2-4-6-21)22-11-23(34)13-24(35)12-22)18-42-28-15-27(36)26(14-25(28)19-7-8-19)31(39)37-29(32(40)41)20-9-10-20;1-3-16(2)21(27(31)32)10-25(30)23-9-22(20-4-5-20)26(11-24(23)29)33-15-28-12-17-6-18(13-28)8-19(7-17)14-28;1-26(12-22(27)28)23(29)19-7-18(17-2-3-17)21(8-20(19)25)30-13-24-9-14-4-15(10-24)6-16(5-14)11-24/h2-6,11-15,19-20,29-30H,7-10,16-18H2,1H3,(H,37,39)(H,40,41);9,11,16-21H,3-8,10,12-15H2,1-2H3,(H,31,32);7-8,14-17H,2-6,9-13H2,1H3,(H,27,28)/t29-,30+;16-,17?,18?,19?,21-,28?;/m00./s1. The van der Waals surface area contributed by atoms with Crippen molar-refractivity contribution < 1.29 is 71.5 Å². The molecule has 12 saturated carbocycles. The smallest absolute Gasteiger partial charge is 0.326 e. The number of carboxylic acid groups (broad SMARTS) is 3. The van der Waals surface area contributed by atoms with Crippen LogP contribution in [0.15, 0.2) is 84.9 Å². The number of ketones is 1. The first-order chi connectivity index (χ1) is 50.2. The molecule has 5 aromatic rings. The van der Waals surface area contributed by atoms with Crippen molar-refractivity contribution in [3.8, 4) is 17.2 Å². The first-order valence-electron chi connectivity index (χ1n) is 38.6. The topological polar surface area (TPSA) is 209 Å². The van der Waals surface area contributed by atoms with Gasteiger partial charge in [0.2, 0.25) is 0 Å². The molecule has 0 spiro atoms. The number of halogens is 5. The first-order valence-corrected chi connectivity index (χ1v) is 39.3. The van der Waals surface area contributed by atoms with Crippen LogP contribution in [-0.4, -0.2) is 113 Å². The van der Waals surface area contributed by atoms with Gasteiger partial charge in [0.25, 0.3) is 11.8 Å². The number of ether oxygens (including phenoxy) is 3. The summed E-state index contributed by atoms with van der Waals surface area (Å²) in [5.74, 6) is -0.434. The summed E-state index contributed by atoms with van der Waals surface area (Å²) in [6, 6.07) is 23.7. The molecule has 13 aliphatic rings. The van der Waals surface area contributed by atoms with E-state index in [0.717, 1.165) is 133 Å². The quantitative estimate of drug-likeness (QED) is 0.0344. The fourth-order valence-corrected chi connectivity index (χ4v) is 20.8. The molecule has 0 unspecified atom stereocenters. The van der Waals surface area contributed by atoms with Crippen LogP contribution in [0.3, 0.4) is 0 Å². The van der Waals surface area contributed by atoms with Gasteiger partial charge >= 0.3 is 17.9 Å². The van der Waals surface area contributed by atoms with Gasteiger partial charge in [-0.1, -0.05) is 80.7 Å². The summed E-state index contributed by atoms with van der Waals surface area (Å²) in [6.45, 7) is 8.60. The monoisotopic (exact) mass is 1480 g/mol. The molecule has 15 nitrogen and oxygen atoms in total. The molecule has 12 aliphatic carbocycles. The number of nitrogens with one attached hydrogen (secondary N) is 1. The first kappa shape index (κ1) is 74.7. The highest BCUT2D eigenvalue weighted by atomic mass is 35.5. The third kappa shape index (κ3) is 17.2. The van der Waals surface area contributed by atoms with Gasteiger partial charge in [-0.25, -0.2) is 18.0 Å². The van der Waals surface area contributed by atoms with Gasteiger partial charge in [-0.05, 0) is 258 Å². The van der Waals surface area contributed by atoms with E-state index in [1.165, 1.54) is 102 Å². The number of hydrogen-bond acceptors (Lipinski definition) is 10. The molecular weight excluding hydrogens is 1380 g/mol. The molecule has 0 aromatic heterocycles. The second-order valence-electron chi connectivity index (χ2n) is 34.5. The fourth-order valence-electron chi connectivity index (χ4n) is 20.3. The molecule has 13 fully saturated rings. The van der Waals surface area contributed by atoms with Crippen LogP contribution in [0.1, 0.15) is 245 Å². The lowest BCUT2D eigenvalue weighted by atomic mass is 9.50. The molecule has 1 heterocycles. The van der Waals surface area contributed by atoms with E-state index in [0.29, 0.717) is 65.4 Å². The fraction of sp³-hybridized carbons (Fsp3) is 0.576. The van der Waals surface area contributed by atoms with Crippen molar-refractivity contribution in [2.75, 3.05) is 46.5 Å². The minimum Gasteiger partial charge on any atom is -0.493 e. The van der Waals surface area contributed by atoms with Gasteiger partial charge in [0.05, 0.1) is 48.5 Å². The number of hydrogen-bond donors (Lipinski definition) is 4. The number of Topliss-reactive ketones (excluding diaryl/α,β-unsaturated/α-hetero) is 1. The summed E-state index contributed by atoms with van der Waals surface area (Å²) in [4.78, 5) is 76.0. The number of likely N-dealkylation sites (tertiary alicyclic amines) is 1. The molecule has 5 aromatic carbocycles. The van der Waals surface area contributed by atoms with E-state index in [1.807, 2.05) is 44.2 Å². The number of rotatable bonds is 28. The van der Waals surface area contributed by atoms with Gasteiger partial charge in [-0.3, -0.25) is 28.9 Å². The average molecular weight is 1480 g/mol. The molecule has 1 saturated heterocycles. The van der Waals surface area contributed by atoms with Gasteiger partial charge in [0, 0.05) is 71.0 Å². The van der Waals surface area contributed by atoms with E-state index < -0.39 is 71.5 Å². The van der Waals surface area contributed by atoms with Crippen LogP contribution < -0.4 is 19.5 Å². The predicted octanol–water partition coefficient (Wildman–Crippen LogP) is 18.2. The number of carboxylic acids is 3. The van der Waals surface area contributed by atoms with Crippen LogP contribution in [0.25, 0.3) is 0 Å². The Bertz CT molecular complexity index is 4040. The molecule has 4 N–H and O–H groups in total. The molecule has 1 aliphatic heterocycles. The SMILES string of the molecule is CC1(COc2cc(F)c(C(=O)N[C@H](C(=O)O)C3CC3)cc2C2CC2)CN([C@H](c2ccccc2)c2cc(Cl)cc(Cl)c2)C1.CC[C@H](C)[C@H](CC(=O)c1cc(C2CC2)c(OCC23CC4CC(CC(C4)C2)C3)cc1F)C(=O)O.CN(CC(=O)O)C(=O)c1cc(C2CC2)c(OCC23CC4CC(CC(C4)C2)C3)cc1F. The minimum atomic E-state index is -1.12. The van der Waals surface area contributed by atoms with Crippen LogP contribution in [0.4, 0.5) is 13.2 Å². The Balaban J connectivity index is 0.000000135. The summed E-state index contributed by atoms with van der Waals surface area (Å²) in [5.41, 5.74) is 4.90. The molecule has 20 heteroatoms. The van der Waals surface area contributed by atoms with Crippen molar-refractivity contribution >= 4 is 58.7 Å². The number of nitrogens with zero attached hydrogens (tertiary/aromatic N) is 2. The lowest BCUT2D eigenvalue weighted by Gasteiger charge is -2.56. The molecule has 8 bridgehead atoms. The molecule has 0 radical (unpaired) electrons. The highest BCUT2D eigenvalue weighted by Crippen LogP contribution is 2.62. The maximum Gasteiger partial charge on any atom is 0.326 e. The highest BCUT2D eigenvalue weighted by molar-refractivity contribution is 6.34. The van der Waals surface area contributed by atoms with Gasteiger partial charge in [0.1, 0.15) is 47.3 Å². The Morgan fingerprint density at radius 1 is 0.571 bits per heavy atom. The second kappa shape index (κ2) is 30.5. The Hall–Kier alpha value is -7.15. The van der Waals surface area contributed by atoms with Crippen molar-refractivity contribution in [3.63, 3.8) is 0 Å². The summed E-state index contributed by atoms with van der Waals surface area (Å²) in [7, 11) is 1.38. The average Bonchev–Trinajstić information content (AvgIpc) is 1.52. The van der Waals surface area contributed by atoms with E-state index >= 15 is 8.78 Å². The van der Waals surface area contributed by atoms with Gasteiger partial charge < -0.3 is 39.7 Å². The number of benzene rings is 5. The maximum atomic E-state index is 15.2. The highest BCUT2D eigenvalue weighted by Gasteiger charge is 2.54. The van der Waals surface area contributed by atoms with Crippen LogP contribution in [0, 0.1) is 87.0 Å². The lowest BCUT2D eigenvalue weighted by molar-refractivity contribution is -0.143. The molecule has 105 heavy (non-hydrogen) atoms. The largest absolute Gasteiger partial charge is 0.493 e. The Morgan fingerprint density at radius 2 is 1.00 bits per heavy atom. The zero-order valence-electron chi connectivity index (χ0n) is 60.8. The third-order valence-electron chi connectivity index (χ3n) is 25.4. The molecule has 18 rings (SSSR count). The van der Waals surface area contributed by atoms with Gasteiger partial charge in [-0.15, -0.1) is 0 Å². The van der Waals surface area contributed by atoms with E-state index in [-0.39, 0.29) is 63.2 Å². The zero-order valence-corrected chi connectivity index (χ0v) is 62.3. The molecular formula is C85H100Cl2F3N3O12. The normalized spacial score (nSPS) is 26.8. The van der Waals surface area contributed by atoms with Crippen molar-refractivity contribution in [3.05, 3.63) is 157 Å². The summed E-state index contributed by atoms with van der Waals surface area (Å²) >= 11 is 12.7. The lowest BCUT2D eigenvalue weighted by Crippen LogP contribution is -2.58. The van der Waals surface area contributed by atoms with Gasteiger partial charge in [-0.2, -0.15) is 0 Å². The molecule has 562 valence electrons. The summed E-state index contributed by atoms with van der Waals surface area (Å²) < 4.78 is 64.2. The third-order valence-corrected chi connectivity index (χ3v) is 25.8. The van der Waals surface area contributed by atoms with E-state index in [1.54, 1.807) is 24.3 Å². The van der Waals surface area contributed by atoms with Gasteiger partial charge in [0.15, 0.2) is 5.78 Å². The number of carbonyl (C=O) groups is 6. The Labute approximate surface area is 624 Å². The number of carbonyl (C=O) groups excluding carboxylic acids is 3. The maximum absolute atomic E-state index is 15.2. The predicted molar refractivity (Wildman–Crippen MR) is 393 cm³/mol. The minimum absolute atomic E-state index is 0.0219. The summed E-state index contributed by atoms with van der Waals surface area (Å²) in [6.07, 6.45) is 23.6. The number of amides is 2.